The summed E-state index contributed by atoms with van der Waals surface area (Å²) in [6, 6.07) is 15.0. The summed E-state index contributed by atoms with van der Waals surface area (Å²) in [5.74, 6) is 0.222. The molecule has 132 valence electrons. The number of hydrogen-bond acceptors (Lipinski definition) is 4. The monoisotopic (exact) mass is 341 g/mol. The lowest BCUT2D eigenvalue weighted by molar-refractivity contribution is -0.384. The third-order valence-electron chi connectivity index (χ3n) is 3.47. The maximum atomic E-state index is 11.5. The molecule has 0 bridgehead atoms. The van der Waals surface area contributed by atoms with Crippen LogP contribution in [0.5, 0.6) is 0 Å². The van der Waals surface area contributed by atoms with Crippen LogP contribution in [0.15, 0.2) is 54.6 Å². The van der Waals surface area contributed by atoms with Crippen LogP contribution >= 0.6 is 0 Å². The van der Waals surface area contributed by atoms with E-state index in [1.807, 2.05) is 44.2 Å². The van der Waals surface area contributed by atoms with E-state index in [4.69, 9.17) is 0 Å². The molecule has 25 heavy (non-hydrogen) atoms. The Labute approximate surface area is 147 Å². The van der Waals surface area contributed by atoms with Crippen molar-refractivity contribution in [3.63, 3.8) is 0 Å². The lowest BCUT2D eigenvalue weighted by Gasteiger charge is -2.02. The second kappa shape index (κ2) is 9.47. The number of carbonyl (C=O) groups excluding carboxylic acids is 2. The summed E-state index contributed by atoms with van der Waals surface area (Å²) in [7, 11) is 0. The Bertz CT molecular complexity index is 719. The molecular formula is C20H23NO4. The van der Waals surface area contributed by atoms with Crippen LogP contribution in [-0.4, -0.2) is 16.5 Å². The van der Waals surface area contributed by atoms with Crippen molar-refractivity contribution in [2.24, 2.45) is 11.8 Å². The second-order valence-electron chi connectivity index (χ2n) is 6.21. The second-order valence-corrected chi connectivity index (χ2v) is 6.21. The molecule has 5 nitrogen and oxygen atoms in total. The van der Waals surface area contributed by atoms with Gasteiger partial charge in [-0.15, -0.1) is 0 Å². The van der Waals surface area contributed by atoms with Gasteiger partial charge in [0.05, 0.1) is 4.92 Å². The quantitative estimate of drug-likeness (QED) is 0.437. The number of Topliss-reactive ketones (excluding diaryl/α,β-unsaturated/α-hetero) is 2. The molecule has 0 spiro atoms. The summed E-state index contributed by atoms with van der Waals surface area (Å²) in [6.07, 6.45) is 0. The number of nitrogens with zero attached hydrogens (tertiary/aromatic N) is 1. The summed E-state index contributed by atoms with van der Waals surface area (Å²) in [5, 5.41) is 10.3. The maximum absolute atomic E-state index is 11.5. The van der Waals surface area contributed by atoms with Crippen molar-refractivity contribution in [1.82, 2.24) is 0 Å². The van der Waals surface area contributed by atoms with E-state index in [-0.39, 0.29) is 29.1 Å². The molecule has 0 atom stereocenters. The fourth-order valence-electron chi connectivity index (χ4n) is 2.02. The van der Waals surface area contributed by atoms with E-state index >= 15 is 0 Å². The maximum Gasteiger partial charge on any atom is 0.269 e. The first-order valence-corrected chi connectivity index (χ1v) is 8.12. The van der Waals surface area contributed by atoms with Crippen molar-refractivity contribution >= 4 is 17.3 Å². The number of non-ortho nitro benzene ring substituents is 1. The Balaban J connectivity index is 0.000000257. The largest absolute Gasteiger partial charge is 0.294 e. The normalized spacial score (nSPS) is 10.2. The summed E-state index contributed by atoms with van der Waals surface area (Å²) < 4.78 is 0. The van der Waals surface area contributed by atoms with Gasteiger partial charge in [0.1, 0.15) is 0 Å². The van der Waals surface area contributed by atoms with Gasteiger partial charge in [0.2, 0.25) is 0 Å². The molecule has 0 aromatic heterocycles. The number of hydrogen-bond donors (Lipinski definition) is 0. The molecular weight excluding hydrogens is 318 g/mol. The molecule has 0 unspecified atom stereocenters. The van der Waals surface area contributed by atoms with Crippen molar-refractivity contribution in [3.05, 3.63) is 75.8 Å². The van der Waals surface area contributed by atoms with Crippen LogP contribution in [0.3, 0.4) is 0 Å². The van der Waals surface area contributed by atoms with Crippen LogP contribution in [0.4, 0.5) is 5.69 Å². The summed E-state index contributed by atoms with van der Waals surface area (Å²) in [4.78, 5) is 32.7. The van der Waals surface area contributed by atoms with Gasteiger partial charge in [0, 0.05) is 35.1 Å². The zero-order valence-electron chi connectivity index (χ0n) is 14.9. The molecule has 2 aromatic carbocycles. The lowest BCUT2D eigenvalue weighted by atomic mass is 10.0. The number of nitro groups is 1. The van der Waals surface area contributed by atoms with E-state index in [0.29, 0.717) is 5.56 Å². The van der Waals surface area contributed by atoms with Crippen molar-refractivity contribution in [3.8, 4) is 0 Å². The van der Waals surface area contributed by atoms with Crippen LogP contribution in [0, 0.1) is 22.0 Å². The Morgan fingerprint density at radius 3 is 1.52 bits per heavy atom. The molecule has 0 aliphatic rings. The predicted octanol–water partition coefficient (Wildman–Crippen LogP) is 4.96. The van der Waals surface area contributed by atoms with Crippen molar-refractivity contribution < 1.29 is 14.5 Å². The minimum atomic E-state index is -0.483. The van der Waals surface area contributed by atoms with E-state index in [1.165, 1.54) is 24.3 Å². The average molecular weight is 341 g/mol. The molecule has 2 rings (SSSR count). The zero-order valence-corrected chi connectivity index (χ0v) is 14.9. The molecule has 5 heteroatoms. The molecule has 2 aromatic rings. The van der Waals surface area contributed by atoms with Gasteiger partial charge in [0.15, 0.2) is 11.6 Å². The van der Waals surface area contributed by atoms with Gasteiger partial charge in [-0.1, -0.05) is 58.0 Å². The van der Waals surface area contributed by atoms with Gasteiger partial charge in [-0.25, -0.2) is 0 Å². The van der Waals surface area contributed by atoms with E-state index in [1.54, 1.807) is 13.8 Å². The number of nitro benzene ring substituents is 1. The minimum absolute atomic E-state index is 0.0000945. The standard InChI is InChI=1S/C10H11NO3.C10H12O/c1-7(2)10(12)8-3-5-9(6-4-8)11(13)14;1-8(2)10(11)9-6-4-3-5-7-9/h3-7H,1-2H3;3-8H,1-2H3. The molecule has 0 N–H and O–H groups in total. The zero-order chi connectivity index (χ0) is 19.0. The highest BCUT2D eigenvalue weighted by atomic mass is 16.6. The van der Waals surface area contributed by atoms with Gasteiger partial charge in [-0.3, -0.25) is 19.7 Å². The first-order chi connectivity index (χ1) is 11.7. The first kappa shape index (κ1) is 20.2. The van der Waals surface area contributed by atoms with Gasteiger partial charge in [-0.2, -0.15) is 0 Å². The number of ketones is 2. The third kappa shape index (κ3) is 6.30. The highest BCUT2D eigenvalue weighted by Crippen LogP contribution is 2.14. The van der Waals surface area contributed by atoms with Crippen LogP contribution in [-0.2, 0) is 0 Å². The smallest absolute Gasteiger partial charge is 0.269 e. The highest BCUT2D eigenvalue weighted by Gasteiger charge is 2.12. The van der Waals surface area contributed by atoms with Gasteiger partial charge < -0.3 is 0 Å². The highest BCUT2D eigenvalue weighted by molar-refractivity contribution is 5.97. The van der Waals surface area contributed by atoms with E-state index in [0.717, 1.165) is 5.56 Å². The van der Waals surface area contributed by atoms with Crippen LogP contribution < -0.4 is 0 Å². The predicted molar refractivity (Wildman–Crippen MR) is 97.9 cm³/mol. The Kier molecular flexibility index (Phi) is 7.66. The molecule has 0 amide bonds. The fraction of sp³-hybridized carbons (Fsp3) is 0.300. The topological polar surface area (TPSA) is 77.3 Å². The Hall–Kier alpha value is -2.82. The molecule has 0 heterocycles. The molecule has 0 aliphatic carbocycles. The van der Waals surface area contributed by atoms with E-state index < -0.39 is 4.92 Å². The fourth-order valence-corrected chi connectivity index (χ4v) is 2.02. The Morgan fingerprint density at radius 2 is 1.16 bits per heavy atom. The third-order valence-corrected chi connectivity index (χ3v) is 3.47. The number of benzene rings is 2. The molecule has 0 aliphatic heterocycles. The summed E-state index contributed by atoms with van der Waals surface area (Å²) in [6.45, 7) is 7.41. The van der Waals surface area contributed by atoms with E-state index in [9.17, 15) is 19.7 Å². The molecule has 0 saturated carbocycles. The number of rotatable bonds is 5. The van der Waals surface area contributed by atoms with Crippen LogP contribution in [0.2, 0.25) is 0 Å². The van der Waals surface area contributed by atoms with Crippen molar-refractivity contribution in [1.29, 1.82) is 0 Å². The SMILES string of the molecule is CC(C)C(=O)c1ccc([N+](=O)[O-])cc1.CC(C)C(=O)c1ccccc1. The average Bonchev–Trinajstić information content (AvgIpc) is 2.61. The van der Waals surface area contributed by atoms with Gasteiger partial charge in [0.25, 0.3) is 5.69 Å². The molecule has 0 saturated heterocycles. The molecule has 0 radical (unpaired) electrons. The van der Waals surface area contributed by atoms with Crippen LogP contribution in [0.25, 0.3) is 0 Å². The van der Waals surface area contributed by atoms with Crippen LogP contribution in [0.1, 0.15) is 48.4 Å². The molecule has 0 fully saturated rings. The minimum Gasteiger partial charge on any atom is -0.294 e. The van der Waals surface area contributed by atoms with Gasteiger partial charge >= 0.3 is 0 Å². The lowest BCUT2D eigenvalue weighted by Crippen LogP contribution is -2.07. The first-order valence-electron chi connectivity index (χ1n) is 8.12. The summed E-state index contributed by atoms with van der Waals surface area (Å²) in [5.41, 5.74) is 1.33. The van der Waals surface area contributed by atoms with Crippen molar-refractivity contribution in [2.45, 2.75) is 27.7 Å². The summed E-state index contributed by atoms with van der Waals surface area (Å²) >= 11 is 0. The number of carbonyl (C=O) groups is 2. The van der Waals surface area contributed by atoms with Gasteiger partial charge in [-0.05, 0) is 12.1 Å². The van der Waals surface area contributed by atoms with E-state index in [2.05, 4.69) is 0 Å². The Morgan fingerprint density at radius 1 is 0.760 bits per heavy atom. The van der Waals surface area contributed by atoms with Crippen molar-refractivity contribution in [2.75, 3.05) is 0 Å².